The SMILES string of the molecule is CCC(C#N)CN(C)Cc1ccc(F)cc1. The molecular weight excluding hydrogens is 203 g/mol. The zero-order valence-electron chi connectivity index (χ0n) is 9.78. The van der Waals surface area contributed by atoms with Crippen LogP contribution in [0.5, 0.6) is 0 Å². The van der Waals surface area contributed by atoms with Gasteiger partial charge in [-0.05, 0) is 31.2 Å². The Bertz CT molecular complexity index is 353. The lowest BCUT2D eigenvalue weighted by atomic mass is 10.1. The zero-order chi connectivity index (χ0) is 12.0. The predicted octanol–water partition coefficient (Wildman–Crippen LogP) is 2.81. The van der Waals surface area contributed by atoms with Gasteiger partial charge in [0.1, 0.15) is 5.82 Å². The smallest absolute Gasteiger partial charge is 0.123 e. The van der Waals surface area contributed by atoms with Gasteiger partial charge in [-0.25, -0.2) is 4.39 Å². The van der Waals surface area contributed by atoms with Crippen LogP contribution in [0.2, 0.25) is 0 Å². The minimum atomic E-state index is -0.213. The Hall–Kier alpha value is -1.40. The van der Waals surface area contributed by atoms with Gasteiger partial charge in [0.2, 0.25) is 0 Å². The van der Waals surface area contributed by atoms with E-state index < -0.39 is 0 Å². The van der Waals surface area contributed by atoms with Crippen molar-refractivity contribution in [1.82, 2.24) is 4.90 Å². The standard InChI is InChI=1S/C13H17FN2/c1-3-11(8-15)9-16(2)10-12-4-6-13(14)7-5-12/h4-7,11H,3,9-10H2,1-2H3. The van der Waals surface area contributed by atoms with E-state index in [-0.39, 0.29) is 11.7 Å². The molecule has 0 saturated carbocycles. The van der Waals surface area contributed by atoms with Crippen LogP contribution in [-0.4, -0.2) is 18.5 Å². The lowest BCUT2D eigenvalue weighted by Crippen LogP contribution is -2.24. The minimum absolute atomic E-state index is 0.0745. The van der Waals surface area contributed by atoms with Crippen LogP contribution >= 0.6 is 0 Å². The normalized spacial score (nSPS) is 12.4. The second kappa shape index (κ2) is 6.24. The summed E-state index contributed by atoms with van der Waals surface area (Å²) < 4.78 is 12.7. The molecule has 1 rings (SSSR count). The molecule has 0 saturated heterocycles. The van der Waals surface area contributed by atoms with E-state index in [1.165, 1.54) is 12.1 Å². The van der Waals surface area contributed by atoms with E-state index in [9.17, 15) is 4.39 Å². The van der Waals surface area contributed by atoms with Crippen LogP contribution in [0.1, 0.15) is 18.9 Å². The number of rotatable bonds is 5. The van der Waals surface area contributed by atoms with Crippen molar-refractivity contribution in [3.63, 3.8) is 0 Å². The number of nitrogens with zero attached hydrogens (tertiary/aromatic N) is 2. The van der Waals surface area contributed by atoms with Crippen molar-refractivity contribution >= 4 is 0 Å². The summed E-state index contributed by atoms with van der Waals surface area (Å²) in [5, 5.41) is 8.85. The van der Waals surface area contributed by atoms with Crippen molar-refractivity contribution in [2.45, 2.75) is 19.9 Å². The third-order valence-electron chi connectivity index (χ3n) is 2.57. The molecule has 0 aliphatic rings. The van der Waals surface area contributed by atoms with Crippen LogP contribution in [0, 0.1) is 23.1 Å². The molecule has 0 radical (unpaired) electrons. The summed E-state index contributed by atoms with van der Waals surface area (Å²) in [7, 11) is 1.98. The Balaban J connectivity index is 2.48. The van der Waals surface area contributed by atoms with Crippen LogP contribution in [0.25, 0.3) is 0 Å². The van der Waals surface area contributed by atoms with E-state index in [1.807, 2.05) is 14.0 Å². The first-order chi connectivity index (χ1) is 7.65. The lowest BCUT2D eigenvalue weighted by molar-refractivity contribution is 0.292. The van der Waals surface area contributed by atoms with Crippen molar-refractivity contribution < 1.29 is 4.39 Å². The average molecular weight is 220 g/mol. The van der Waals surface area contributed by atoms with E-state index in [0.29, 0.717) is 0 Å². The zero-order valence-corrected chi connectivity index (χ0v) is 9.78. The van der Waals surface area contributed by atoms with Crippen molar-refractivity contribution in [1.29, 1.82) is 5.26 Å². The second-order valence-corrected chi connectivity index (χ2v) is 4.06. The molecule has 0 aliphatic heterocycles. The third-order valence-corrected chi connectivity index (χ3v) is 2.57. The quantitative estimate of drug-likeness (QED) is 0.763. The third kappa shape index (κ3) is 4.00. The highest BCUT2D eigenvalue weighted by Crippen LogP contribution is 2.08. The van der Waals surface area contributed by atoms with E-state index in [0.717, 1.165) is 25.1 Å². The summed E-state index contributed by atoms with van der Waals surface area (Å²) in [4.78, 5) is 2.09. The molecule has 0 fully saturated rings. The summed E-state index contributed by atoms with van der Waals surface area (Å²) in [6.07, 6.45) is 0.865. The van der Waals surface area contributed by atoms with E-state index in [4.69, 9.17) is 5.26 Å². The van der Waals surface area contributed by atoms with Gasteiger partial charge in [-0.15, -0.1) is 0 Å². The van der Waals surface area contributed by atoms with Crippen LogP contribution in [0.3, 0.4) is 0 Å². The molecule has 1 aromatic carbocycles. The first-order valence-corrected chi connectivity index (χ1v) is 5.48. The average Bonchev–Trinajstić information content (AvgIpc) is 2.29. The fourth-order valence-corrected chi connectivity index (χ4v) is 1.60. The molecule has 2 nitrogen and oxygen atoms in total. The van der Waals surface area contributed by atoms with Crippen LogP contribution in [-0.2, 0) is 6.54 Å². The Labute approximate surface area is 96.3 Å². The predicted molar refractivity (Wildman–Crippen MR) is 62.1 cm³/mol. The molecule has 1 aromatic rings. The summed E-state index contributed by atoms with van der Waals surface area (Å²) in [5.74, 6) is -0.139. The van der Waals surface area contributed by atoms with Gasteiger partial charge in [0, 0.05) is 13.1 Å². The van der Waals surface area contributed by atoms with Crippen molar-refractivity contribution in [2.24, 2.45) is 5.92 Å². The largest absolute Gasteiger partial charge is 0.301 e. The second-order valence-electron chi connectivity index (χ2n) is 4.06. The first kappa shape index (κ1) is 12.7. The Morgan fingerprint density at radius 1 is 1.38 bits per heavy atom. The monoisotopic (exact) mass is 220 g/mol. The molecule has 86 valence electrons. The molecule has 1 unspecified atom stereocenters. The fourth-order valence-electron chi connectivity index (χ4n) is 1.60. The maximum atomic E-state index is 12.7. The number of nitriles is 1. The van der Waals surface area contributed by atoms with Gasteiger partial charge in [-0.2, -0.15) is 5.26 Å². The van der Waals surface area contributed by atoms with Crippen LogP contribution in [0.4, 0.5) is 4.39 Å². The first-order valence-electron chi connectivity index (χ1n) is 5.48. The molecule has 1 atom stereocenters. The maximum Gasteiger partial charge on any atom is 0.123 e. The Morgan fingerprint density at radius 3 is 2.50 bits per heavy atom. The van der Waals surface area contributed by atoms with Gasteiger partial charge in [0.05, 0.1) is 12.0 Å². The molecule has 0 aliphatic carbocycles. The Kier molecular flexibility index (Phi) is 4.94. The van der Waals surface area contributed by atoms with Crippen LogP contribution in [0.15, 0.2) is 24.3 Å². The highest BCUT2D eigenvalue weighted by Gasteiger charge is 2.08. The summed E-state index contributed by atoms with van der Waals surface area (Å²) in [5.41, 5.74) is 1.07. The summed E-state index contributed by atoms with van der Waals surface area (Å²) >= 11 is 0. The lowest BCUT2D eigenvalue weighted by Gasteiger charge is -2.18. The van der Waals surface area contributed by atoms with Gasteiger partial charge < -0.3 is 4.90 Å². The van der Waals surface area contributed by atoms with Crippen molar-refractivity contribution in [2.75, 3.05) is 13.6 Å². The number of hydrogen-bond donors (Lipinski definition) is 0. The van der Waals surface area contributed by atoms with Gasteiger partial charge >= 0.3 is 0 Å². The highest BCUT2D eigenvalue weighted by atomic mass is 19.1. The van der Waals surface area contributed by atoms with Gasteiger partial charge in [0.15, 0.2) is 0 Å². The van der Waals surface area contributed by atoms with E-state index >= 15 is 0 Å². The summed E-state index contributed by atoms with van der Waals surface area (Å²) in [6, 6.07) is 8.76. The molecule has 16 heavy (non-hydrogen) atoms. The van der Waals surface area contributed by atoms with Gasteiger partial charge in [0.25, 0.3) is 0 Å². The van der Waals surface area contributed by atoms with Crippen molar-refractivity contribution in [3.8, 4) is 6.07 Å². The van der Waals surface area contributed by atoms with Crippen LogP contribution < -0.4 is 0 Å². The molecule has 0 spiro atoms. The van der Waals surface area contributed by atoms with Crippen molar-refractivity contribution in [3.05, 3.63) is 35.6 Å². The van der Waals surface area contributed by atoms with Gasteiger partial charge in [-0.3, -0.25) is 0 Å². The number of benzene rings is 1. The fraction of sp³-hybridized carbons (Fsp3) is 0.462. The Morgan fingerprint density at radius 2 is 2.00 bits per heavy atom. The highest BCUT2D eigenvalue weighted by molar-refractivity contribution is 5.15. The number of halogens is 1. The van der Waals surface area contributed by atoms with E-state index in [2.05, 4.69) is 11.0 Å². The minimum Gasteiger partial charge on any atom is -0.301 e. The molecule has 0 bridgehead atoms. The molecule has 0 amide bonds. The van der Waals surface area contributed by atoms with Gasteiger partial charge in [-0.1, -0.05) is 19.1 Å². The number of hydrogen-bond acceptors (Lipinski definition) is 2. The molecule has 0 heterocycles. The van der Waals surface area contributed by atoms with E-state index in [1.54, 1.807) is 12.1 Å². The summed E-state index contributed by atoms with van der Waals surface area (Å²) in [6.45, 7) is 3.52. The molecule has 3 heteroatoms. The molecule has 0 N–H and O–H groups in total. The molecular formula is C13H17FN2. The topological polar surface area (TPSA) is 27.0 Å². The maximum absolute atomic E-state index is 12.7. The molecule has 0 aromatic heterocycles.